The molecule has 0 fully saturated rings. The van der Waals surface area contributed by atoms with Gasteiger partial charge in [0.2, 0.25) is 0 Å². The van der Waals surface area contributed by atoms with Gasteiger partial charge in [-0.2, -0.15) is 0 Å². The van der Waals surface area contributed by atoms with Crippen LogP contribution in [0, 0.1) is 0 Å². The molecule has 56 valence electrons. The monoisotopic (exact) mass is 141 g/mol. The van der Waals surface area contributed by atoms with Crippen LogP contribution in [0.25, 0.3) is 0 Å². The van der Waals surface area contributed by atoms with E-state index >= 15 is 0 Å². The van der Waals surface area contributed by atoms with Gasteiger partial charge in [-0.1, -0.05) is 0 Å². The molecule has 10 heavy (non-hydrogen) atoms. The summed E-state index contributed by atoms with van der Waals surface area (Å²) in [5, 5.41) is 0. The Balaban J connectivity index is 2.66. The molecular weight excluding hydrogens is 130 g/mol. The van der Waals surface area contributed by atoms with Gasteiger partial charge in [-0.15, -0.1) is 0 Å². The van der Waals surface area contributed by atoms with Crippen molar-refractivity contribution in [1.82, 2.24) is 0 Å². The predicted octanol–water partition coefficient (Wildman–Crippen LogP) is 0.964. The summed E-state index contributed by atoms with van der Waals surface area (Å²) in [4.78, 5) is 3.90. The molecule has 0 unspecified atom stereocenters. The van der Waals surface area contributed by atoms with Crippen LogP contribution in [0.3, 0.4) is 0 Å². The fourth-order valence-electron chi connectivity index (χ4n) is 0.852. The Labute approximate surface area is 60.4 Å². The zero-order chi connectivity index (χ0) is 7.45. The highest BCUT2D eigenvalue weighted by atomic mass is 16.7. The first-order valence-electron chi connectivity index (χ1n) is 3.12. The van der Waals surface area contributed by atoms with E-state index in [0.29, 0.717) is 6.42 Å². The SMILES string of the molecule is COC1(OC)C=CN=CC1. The van der Waals surface area contributed by atoms with Crippen LogP contribution in [0.1, 0.15) is 6.42 Å². The largest absolute Gasteiger partial charge is 0.349 e. The molecule has 0 aromatic heterocycles. The first-order valence-corrected chi connectivity index (χ1v) is 3.12. The van der Waals surface area contributed by atoms with Crippen molar-refractivity contribution in [1.29, 1.82) is 0 Å². The Bertz CT molecular complexity index is 159. The quantitative estimate of drug-likeness (QED) is 0.536. The Morgan fingerprint density at radius 3 is 2.40 bits per heavy atom. The lowest BCUT2D eigenvalue weighted by Gasteiger charge is -2.26. The van der Waals surface area contributed by atoms with Crippen LogP contribution in [0.5, 0.6) is 0 Å². The summed E-state index contributed by atoms with van der Waals surface area (Å²) >= 11 is 0. The summed E-state index contributed by atoms with van der Waals surface area (Å²) in [5.74, 6) is -0.568. The number of rotatable bonds is 2. The van der Waals surface area contributed by atoms with Crippen LogP contribution in [-0.4, -0.2) is 26.2 Å². The lowest BCUT2D eigenvalue weighted by Crippen LogP contribution is -2.32. The van der Waals surface area contributed by atoms with Crippen molar-refractivity contribution >= 4 is 6.21 Å². The molecule has 0 spiro atoms. The molecule has 0 aromatic carbocycles. The van der Waals surface area contributed by atoms with E-state index in [1.807, 2.05) is 0 Å². The highest BCUT2D eigenvalue weighted by Crippen LogP contribution is 2.19. The van der Waals surface area contributed by atoms with Gasteiger partial charge in [0.1, 0.15) is 0 Å². The van der Waals surface area contributed by atoms with Gasteiger partial charge in [0.15, 0.2) is 5.79 Å². The number of nitrogens with zero attached hydrogens (tertiary/aromatic N) is 1. The summed E-state index contributed by atoms with van der Waals surface area (Å²) in [6.45, 7) is 0. The molecule has 0 amide bonds. The van der Waals surface area contributed by atoms with E-state index < -0.39 is 5.79 Å². The normalized spacial score (nSPS) is 21.4. The van der Waals surface area contributed by atoms with Gasteiger partial charge in [0, 0.05) is 33.1 Å². The molecule has 0 aromatic rings. The molecule has 1 aliphatic heterocycles. The Morgan fingerprint density at radius 2 is 2.10 bits per heavy atom. The standard InChI is InChI=1S/C7H11NO2/c1-9-7(10-2)3-5-8-6-4-7/h3,5-6H,4H2,1-2H3. The van der Waals surface area contributed by atoms with Gasteiger partial charge >= 0.3 is 0 Å². The summed E-state index contributed by atoms with van der Waals surface area (Å²) in [7, 11) is 3.24. The van der Waals surface area contributed by atoms with Crippen LogP contribution in [0.2, 0.25) is 0 Å². The lowest BCUT2D eigenvalue weighted by atomic mass is 10.2. The summed E-state index contributed by atoms with van der Waals surface area (Å²) in [6.07, 6.45) is 5.92. The zero-order valence-corrected chi connectivity index (χ0v) is 6.20. The highest BCUT2D eigenvalue weighted by Gasteiger charge is 2.25. The van der Waals surface area contributed by atoms with E-state index in [-0.39, 0.29) is 0 Å². The smallest absolute Gasteiger partial charge is 0.193 e. The molecular formula is C7H11NO2. The summed E-state index contributed by atoms with van der Waals surface area (Å²) in [5.41, 5.74) is 0. The number of methoxy groups -OCH3 is 2. The topological polar surface area (TPSA) is 30.8 Å². The molecule has 0 N–H and O–H groups in total. The van der Waals surface area contributed by atoms with E-state index in [0.717, 1.165) is 0 Å². The van der Waals surface area contributed by atoms with Gasteiger partial charge < -0.3 is 9.47 Å². The van der Waals surface area contributed by atoms with E-state index in [1.165, 1.54) is 0 Å². The minimum Gasteiger partial charge on any atom is -0.349 e. The lowest BCUT2D eigenvalue weighted by molar-refractivity contribution is -0.164. The molecule has 0 atom stereocenters. The molecule has 0 radical (unpaired) electrons. The second kappa shape index (κ2) is 2.94. The third kappa shape index (κ3) is 1.25. The van der Waals surface area contributed by atoms with Crippen molar-refractivity contribution in [2.75, 3.05) is 14.2 Å². The molecule has 3 heteroatoms. The Hall–Kier alpha value is -0.670. The molecule has 0 saturated heterocycles. The highest BCUT2D eigenvalue weighted by molar-refractivity contribution is 5.61. The van der Waals surface area contributed by atoms with Crippen molar-refractivity contribution in [3.05, 3.63) is 12.3 Å². The first kappa shape index (κ1) is 7.44. The van der Waals surface area contributed by atoms with E-state index in [1.54, 1.807) is 32.7 Å². The Morgan fingerprint density at radius 1 is 1.40 bits per heavy atom. The van der Waals surface area contributed by atoms with E-state index in [2.05, 4.69) is 4.99 Å². The second-order valence-electron chi connectivity index (χ2n) is 2.07. The van der Waals surface area contributed by atoms with Crippen LogP contribution in [0.4, 0.5) is 0 Å². The van der Waals surface area contributed by atoms with Gasteiger partial charge in [-0.25, -0.2) is 0 Å². The molecule has 1 aliphatic rings. The summed E-state index contributed by atoms with van der Waals surface area (Å²) < 4.78 is 10.3. The maximum atomic E-state index is 5.13. The molecule has 3 nitrogen and oxygen atoms in total. The van der Waals surface area contributed by atoms with Crippen molar-refractivity contribution in [2.24, 2.45) is 4.99 Å². The zero-order valence-electron chi connectivity index (χ0n) is 6.20. The van der Waals surface area contributed by atoms with E-state index in [4.69, 9.17) is 9.47 Å². The van der Waals surface area contributed by atoms with Crippen molar-refractivity contribution in [3.8, 4) is 0 Å². The maximum absolute atomic E-state index is 5.13. The fraction of sp³-hybridized carbons (Fsp3) is 0.571. The van der Waals surface area contributed by atoms with Crippen LogP contribution in [-0.2, 0) is 9.47 Å². The number of hydrogen-bond acceptors (Lipinski definition) is 3. The van der Waals surface area contributed by atoms with Crippen molar-refractivity contribution in [3.63, 3.8) is 0 Å². The number of aliphatic imine (C=N–C) groups is 1. The molecule has 1 heterocycles. The van der Waals surface area contributed by atoms with Crippen molar-refractivity contribution < 1.29 is 9.47 Å². The fourth-order valence-corrected chi connectivity index (χ4v) is 0.852. The van der Waals surface area contributed by atoms with Crippen molar-refractivity contribution in [2.45, 2.75) is 12.2 Å². The van der Waals surface area contributed by atoms with Gasteiger partial charge in [0.25, 0.3) is 0 Å². The molecule has 0 bridgehead atoms. The third-order valence-electron chi connectivity index (χ3n) is 1.59. The minimum atomic E-state index is -0.568. The molecule has 1 rings (SSSR count). The first-order chi connectivity index (χ1) is 4.83. The predicted molar refractivity (Wildman–Crippen MR) is 39.0 cm³/mol. The summed E-state index contributed by atoms with van der Waals surface area (Å²) in [6, 6.07) is 0. The third-order valence-corrected chi connectivity index (χ3v) is 1.59. The van der Waals surface area contributed by atoms with Gasteiger partial charge in [-0.3, -0.25) is 4.99 Å². The van der Waals surface area contributed by atoms with Gasteiger partial charge in [0.05, 0.1) is 0 Å². The number of hydrogen-bond donors (Lipinski definition) is 0. The average Bonchev–Trinajstić information content (AvgIpc) is 2.06. The maximum Gasteiger partial charge on any atom is 0.193 e. The van der Waals surface area contributed by atoms with Gasteiger partial charge in [-0.05, 0) is 6.08 Å². The van der Waals surface area contributed by atoms with E-state index in [9.17, 15) is 0 Å². The minimum absolute atomic E-state index is 0.568. The Kier molecular flexibility index (Phi) is 2.19. The average molecular weight is 141 g/mol. The molecule has 0 saturated carbocycles. The number of ether oxygens (including phenoxy) is 2. The van der Waals surface area contributed by atoms with Crippen LogP contribution >= 0.6 is 0 Å². The molecule has 0 aliphatic carbocycles. The second-order valence-corrected chi connectivity index (χ2v) is 2.07. The van der Waals surface area contributed by atoms with Crippen LogP contribution < -0.4 is 0 Å². The van der Waals surface area contributed by atoms with Crippen LogP contribution in [0.15, 0.2) is 17.3 Å².